The van der Waals surface area contributed by atoms with E-state index in [2.05, 4.69) is 17.1 Å². The van der Waals surface area contributed by atoms with Crippen molar-refractivity contribution in [3.63, 3.8) is 0 Å². The van der Waals surface area contributed by atoms with E-state index in [-0.39, 0.29) is 0 Å². The van der Waals surface area contributed by atoms with Gasteiger partial charge in [0, 0.05) is 12.2 Å². The smallest absolute Gasteiger partial charge is 0.385 e. The van der Waals surface area contributed by atoms with E-state index in [9.17, 15) is 13.2 Å². The second-order valence-electron chi connectivity index (χ2n) is 5.33. The number of benzene rings is 1. The largest absolute Gasteiger partial charge is 0.416 e. The van der Waals surface area contributed by atoms with Crippen molar-refractivity contribution >= 4 is 5.69 Å². The monoisotopic (exact) mass is 286 g/mol. The zero-order chi connectivity index (χ0) is 14.6. The highest BCUT2D eigenvalue weighted by atomic mass is 19.4. The summed E-state index contributed by atoms with van der Waals surface area (Å²) in [6, 6.07) is 5.26. The molecule has 0 atom stereocenters. The number of likely N-dealkylation sites (tertiary alicyclic amines) is 1. The van der Waals surface area contributed by atoms with Gasteiger partial charge in [0.15, 0.2) is 0 Å². The maximum Gasteiger partial charge on any atom is 0.416 e. The molecule has 0 aromatic heterocycles. The summed E-state index contributed by atoms with van der Waals surface area (Å²) >= 11 is 0. The average Bonchev–Trinajstić information content (AvgIpc) is 2.45. The summed E-state index contributed by atoms with van der Waals surface area (Å²) in [6.45, 7) is 6.34. The van der Waals surface area contributed by atoms with E-state index in [1.54, 1.807) is 0 Å². The lowest BCUT2D eigenvalue weighted by atomic mass is 9.97. The van der Waals surface area contributed by atoms with E-state index >= 15 is 0 Å². The molecule has 1 fully saturated rings. The van der Waals surface area contributed by atoms with Crippen LogP contribution in [-0.4, -0.2) is 31.1 Å². The minimum absolute atomic E-state index is 0.598. The SMILES string of the molecule is CCN1CCC(CNc2ccc(C(F)(F)F)cc2)CC1. The van der Waals surface area contributed by atoms with Gasteiger partial charge in [0.05, 0.1) is 5.56 Å². The molecule has 1 aliphatic heterocycles. The summed E-state index contributed by atoms with van der Waals surface area (Å²) in [4.78, 5) is 2.43. The Morgan fingerprint density at radius 3 is 2.25 bits per heavy atom. The molecule has 1 aliphatic rings. The van der Waals surface area contributed by atoms with Crippen LogP contribution in [0, 0.1) is 5.92 Å². The topological polar surface area (TPSA) is 15.3 Å². The first-order valence-electron chi connectivity index (χ1n) is 7.12. The third kappa shape index (κ3) is 4.13. The lowest BCUT2D eigenvalue weighted by Crippen LogP contribution is -2.35. The molecule has 1 heterocycles. The van der Waals surface area contributed by atoms with E-state index in [1.807, 2.05) is 0 Å². The molecule has 112 valence electrons. The van der Waals surface area contributed by atoms with E-state index < -0.39 is 11.7 Å². The zero-order valence-electron chi connectivity index (χ0n) is 11.7. The van der Waals surface area contributed by atoms with Crippen molar-refractivity contribution in [3.8, 4) is 0 Å². The molecule has 0 saturated carbocycles. The summed E-state index contributed by atoms with van der Waals surface area (Å²) < 4.78 is 37.3. The van der Waals surface area contributed by atoms with Gasteiger partial charge in [0.1, 0.15) is 0 Å². The second-order valence-corrected chi connectivity index (χ2v) is 5.33. The predicted octanol–water partition coefficient (Wildman–Crippen LogP) is 3.85. The van der Waals surface area contributed by atoms with Gasteiger partial charge in [-0.2, -0.15) is 13.2 Å². The molecule has 1 aromatic carbocycles. The third-order valence-electron chi connectivity index (χ3n) is 3.96. The summed E-state index contributed by atoms with van der Waals surface area (Å²) in [5, 5.41) is 3.24. The van der Waals surface area contributed by atoms with Crippen LogP contribution >= 0.6 is 0 Å². The Morgan fingerprint density at radius 1 is 1.15 bits per heavy atom. The van der Waals surface area contributed by atoms with Crippen LogP contribution in [0.25, 0.3) is 0 Å². The molecule has 1 saturated heterocycles. The minimum atomic E-state index is -4.26. The molecule has 5 heteroatoms. The number of hydrogen-bond acceptors (Lipinski definition) is 2. The lowest BCUT2D eigenvalue weighted by molar-refractivity contribution is -0.137. The van der Waals surface area contributed by atoms with E-state index in [0.29, 0.717) is 5.92 Å². The van der Waals surface area contributed by atoms with Crippen LogP contribution in [0.15, 0.2) is 24.3 Å². The number of hydrogen-bond donors (Lipinski definition) is 1. The quantitative estimate of drug-likeness (QED) is 0.904. The summed E-state index contributed by atoms with van der Waals surface area (Å²) in [6.07, 6.45) is -1.95. The van der Waals surface area contributed by atoms with Crippen LogP contribution in [0.4, 0.5) is 18.9 Å². The molecule has 2 rings (SSSR count). The highest BCUT2D eigenvalue weighted by molar-refractivity contribution is 5.45. The Labute approximate surface area is 118 Å². The Bertz CT molecular complexity index is 406. The Hall–Kier alpha value is -1.23. The van der Waals surface area contributed by atoms with Crippen molar-refractivity contribution in [2.75, 3.05) is 31.5 Å². The van der Waals surface area contributed by atoms with Crippen LogP contribution in [0.3, 0.4) is 0 Å². The Morgan fingerprint density at radius 2 is 1.75 bits per heavy atom. The van der Waals surface area contributed by atoms with Crippen molar-refractivity contribution in [1.82, 2.24) is 4.90 Å². The number of halogens is 3. The second kappa shape index (κ2) is 6.48. The highest BCUT2D eigenvalue weighted by Gasteiger charge is 2.29. The molecular formula is C15H21F3N2. The fourth-order valence-electron chi connectivity index (χ4n) is 2.55. The summed E-state index contributed by atoms with van der Waals surface area (Å²) in [7, 11) is 0. The molecule has 1 aromatic rings. The number of nitrogens with zero attached hydrogens (tertiary/aromatic N) is 1. The molecule has 20 heavy (non-hydrogen) atoms. The fraction of sp³-hybridized carbons (Fsp3) is 0.600. The number of piperidine rings is 1. The van der Waals surface area contributed by atoms with Crippen molar-refractivity contribution in [1.29, 1.82) is 0 Å². The maximum atomic E-state index is 12.4. The van der Waals surface area contributed by atoms with Gasteiger partial charge >= 0.3 is 6.18 Å². The van der Waals surface area contributed by atoms with Crippen LogP contribution in [0.5, 0.6) is 0 Å². The summed E-state index contributed by atoms with van der Waals surface area (Å²) in [5.41, 5.74) is 0.162. The molecule has 2 nitrogen and oxygen atoms in total. The lowest BCUT2D eigenvalue weighted by Gasteiger charge is -2.31. The molecule has 0 aliphatic carbocycles. The van der Waals surface area contributed by atoms with Crippen molar-refractivity contribution in [3.05, 3.63) is 29.8 Å². The van der Waals surface area contributed by atoms with Gasteiger partial charge in [0.25, 0.3) is 0 Å². The first-order chi connectivity index (χ1) is 9.49. The number of nitrogens with one attached hydrogen (secondary N) is 1. The van der Waals surface area contributed by atoms with Crippen LogP contribution in [0.2, 0.25) is 0 Å². The number of anilines is 1. The standard InChI is InChI=1S/C15H21F3N2/c1-2-20-9-7-12(8-10-20)11-19-14-5-3-13(4-6-14)15(16,17)18/h3-6,12,19H,2,7-11H2,1H3. The predicted molar refractivity (Wildman–Crippen MR) is 74.8 cm³/mol. The van der Waals surface area contributed by atoms with Gasteiger partial charge in [-0.05, 0) is 62.7 Å². The van der Waals surface area contributed by atoms with Crippen LogP contribution in [-0.2, 0) is 6.18 Å². The molecule has 0 unspecified atom stereocenters. The Kier molecular flexibility index (Phi) is 4.91. The van der Waals surface area contributed by atoms with E-state index in [4.69, 9.17) is 0 Å². The zero-order valence-corrected chi connectivity index (χ0v) is 11.7. The van der Waals surface area contributed by atoms with Gasteiger partial charge in [-0.1, -0.05) is 6.92 Å². The first kappa shape index (κ1) is 15.2. The van der Waals surface area contributed by atoms with Gasteiger partial charge in [-0.3, -0.25) is 0 Å². The molecule has 0 bridgehead atoms. The maximum absolute atomic E-state index is 12.4. The van der Waals surface area contributed by atoms with E-state index in [0.717, 1.165) is 56.8 Å². The van der Waals surface area contributed by atoms with Crippen LogP contribution in [0.1, 0.15) is 25.3 Å². The molecule has 1 N–H and O–H groups in total. The van der Waals surface area contributed by atoms with Crippen LogP contribution < -0.4 is 5.32 Å². The van der Waals surface area contributed by atoms with E-state index in [1.165, 1.54) is 12.1 Å². The fourth-order valence-corrected chi connectivity index (χ4v) is 2.55. The Balaban J connectivity index is 1.80. The molecule has 0 radical (unpaired) electrons. The van der Waals surface area contributed by atoms with Crippen molar-refractivity contribution in [2.45, 2.75) is 25.9 Å². The average molecular weight is 286 g/mol. The van der Waals surface area contributed by atoms with Crippen molar-refractivity contribution in [2.24, 2.45) is 5.92 Å². The number of alkyl halides is 3. The van der Waals surface area contributed by atoms with Gasteiger partial charge in [-0.15, -0.1) is 0 Å². The van der Waals surface area contributed by atoms with Gasteiger partial charge in [0.2, 0.25) is 0 Å². The van der Waals surface area contributed by atoms with Gasteiger partial charge in [-0.25, -0.2) is 0 Å². The minimum Gasteiger partial charge on any atom is -0.385 e. The number of rotatable bonds is 4. The first-order valence-corrected chi connectivity index (χ1v) is 7.12. The summed E-state index contributed by atoms with van der Waals surface area (Å²) in [5.74, 6) is 0.611. The van der Waals surface area contributed by atoms with Crippen molar-refractivity contribution < 1.29 is 13.2 Å². The van der Waals surface area contributed by atoms with Gasteiger partial charge < -0.3 is 10.2 Å². The normalized spacial score (nSPS) is 18.2. The molecule has 0 amide bonds. The molecular weight excluding hydrogens is 265 g/mol. The third-order valence-corrected chi connectivity index (χ3v) is 3.96. The highest BCUT2D eigenvalue weighted by Crippen LogP contribution is 2.30. The molecule has 0 spiro atoms.